The third kappa shape index (κ3) is 3.59. The molecule has 1 saturated heterocycles. The highest BCUT2D eigenvalue weighted by Crippen LogP contribution is 2.39. The van der Waals surface area contributed by atoms with E-state index in [9.17, 15) is 14.4 Å². The van der Waals surface area contributed by atoms with Crippen LogP contribution in [0.5, 0.6) is 0 Å². The first-order chi connectivity index (χ1) is 17.8. The van der Waals surface area contributed by atoms with Crippen LogP contribution in [0, 0.1) is 0 Å². The number of piperidine rings is 1. The van der Waals surface area contributed by atoms with E-state index in [1.807, 2.05) is 11.0 Å². The van der Waals surface area contributed by atoms with E-state index in [-0.39, 0.29) is 27.9 Å². The first-order valence-corrected chi connectivity index (χ1v) is 12.5. The normalized spacial score (nSPS) is 14.6. The molecule has 5 aromatic rings. The van der Waals surface area contributed by atoms with Gasteiger partial charge in [-0.05, 0) is 31.0 Å². The van der Waals surface area contributed by atoms with Gasteiger partial charge in [0.05, 0.1) is 40.2 Å². The number of aromatic nitrogens is 4. The summed E-state index contributed by atoms with van der Waals surface area (Å²) in [5, 5.41) is 1.08. The number of nitrogen functional groups attached to an aromatic ring is 1. The molecule has 0 unspecified atom stereocenters. The fourth-order valence-electron chi connectivity index (χ4n) is 5.02. The highest BCUT2D eigenvalue weighted by Gasteiger charge is 2.28. The number of para-hydroxylation sites is 1. The number of rotatable bonds is 4. The van der Waals surface area contributed by atoms with Crippen LogP contribution in [0.25, 0.3) is 32.4 Å². The van der Waals surface area contributed by atoms with Crippen LogP contribution in [0.3, 0.4) is 0 Å². The van der Waals surface area contributed by atoms with Gasteiger partial charge in [0.15, 0.2) is 0 Å². The molecule has 0 bridgehead atoms. The molecular weight excluding hydrogens is 494 g/mol. The van der Waals surface area contributed by atoms with Gasteiger partial charge in [-0.1, -0.05) is 12.1 Å². The number of anilines is 2. The molecule has 1 fully saturated rings. The Labute approximate surface area is 213 Å². The van der Waals surface area contributed by atoms with Crippen molar-refractivity contribution in [2.45, 2.75) is 18.9 Å². The summed E-state index contributed by atoms with van der Waals surface area (Å²) in [5.41, 5.74) is 13.3. The van der Waals surface area contributed by atoms with Gasteiger partial charge in [0.1, 0.15) is 9.71 Å². The zero-order valence-electron chi connectivity index (χ0n) is 19.9. The summed E-state index contributed by atoms with van der Waals surface area (Å²) in [4.78, 5) is 50.5. The third-order valence-corrected chi connectivity index (χ3v) is 8.03. The van der Waals surface area contributed by atoms with Crippen LogP contribution < -0.4 is 27.6 Å². The lowest BCUT2D eigenvalue weighted by Gasteiger charge is -2.33. The minimum absolute atomic E-state index is 0.233. The Morgan fingerprint density at radius 2 is 1.89 bits per heavy atom. The molecule has 0 saturated carbocycles. The molecule has 0 spiro atoms. The smallest absolute Gasteiger partial charge is 0.331 e. The highest BCUT2D eigenvalue weighted by molar-refractivity contribution is 7.21. The first-order valence-electron chi connectivity index (χ1n) is 11.7. The van der Waals surface area contributed by atoms with Crippen molar-refractivity contribution < 1.29 is 9.21 Å². The minimum atomic E-state index is -0.622. The summed E-state index contributed by atoms with van der Waals surface area (Å²) in [6, 6.07) is 8.65. The summed E-state index contributed by atoms with van der Waals surface area (Å²) >= 11 is 1.13. The van der Waals surface area contributed by atoms with E-state index in [1.165, 1.54) is 15.4 Å². The van der Waals surface area contributed by atoms with E-state index >= 15 is 0 Å². The molecule has 11 nitrogen and oxygen atoms in total. The number of fused-ring (bicyclic) bond motifs is 2. The first kappa shape index (κ1) is 23.0. The summed E-state index contributed by atoms with van der Waals surface area (Å²) in [5.74, 6) is -0.151. The highest BCUT2D eigenvalue weighted by atomic mass is 32.1. The Morgan fingerprint density at radius 1 is 1.14 bits per heavy atom. The molecule has 6 rings (SSSR count). The maximum Gasteiger partial charge on any atom is 0.331 e. The minimum Gasteiger partial charge on any atom is -0.472 e. The standard InChI is InChI=1S/C25H23N7O4S/c1-30-16-5-3-2-4-15(16)23(34)32(25(30)35)14-6-9-31(10-7-14)24-28-19(13-8-11-36-12-13)17-18(26)20(21(27)33)37-22(17)29-24/h2-5,8,11-12,14H,6-7,9-10,26H2,1H3,(H2,27,33). The van der Waals surface area contributed by atoms with Crippen LogP contribution in [-0.2, 0) is 7.05 Å². The average molecular weight is 518 g/mol. The van der Waals surface area contributed by atoms with Crippen molar-refractivity contribution in [3.63, 3.8) is 0 Å². The number of thiophene rings is 1. The maximum absolute atomic E-state index is 13.2. The summed E-state index contributed by atoms with van der Waals surface area (Å²) in [7, 11) is 1.68. The fraction of sp³-hybridized carbons (Fsp3) is 0.240. The second-order valence-corrected chi connectivity index (χ2v) is 10.0. The van der Waals surface area contributed by atoms with Crippen LogP contribution in [0.2, 0.25) is 0 Å². The lowest BCUT2D eigenvalue weighted by Crippen LogP contribution is -2.45. The van der Waals surface area contributed by atoms with Gasteiger partial charge in [-0.25, -0.2) is 14.8 Å². The van der Waals surface area contributed by atoms with Gasteiger partial charge in [-0.3, -0.25) is 18.7 Å². The molecule has 1 aromatic carbocycles. The average Bonchev–Trinajstić information content (AvgIpc) is 3.56. The maximum atomic E-state index is 13.2. The van der Waals surface area contributed by atoms with Gasteiger partial charge in [-0.2, -0.15) is 0 Å². The van der Waals surface area contributed by atoms with E-state index in [1.54, 1.807) is 37.6 Å². The number of carbonyl (C=O) groups is 1. The van der Waals surface area contributed by atoms with Crippen molar-refractivity contribution in [3.8, 4) is 11.3 Å². The van der Waals surface area contributed by atoms with E-state index in [0.717, 1.165) is 11.3 Å². The van der Waals surface area contributed by atoms with Crippen LogP contribution >= 0.6 is 11.3 Å². The molecular formula is C25H23N7O4S. The van der Waals surface area contributed by atoms with E-state index in [0.29, 0.717) is 64.3 Å². The molecule has 188 valence electrons. The SMILES string of the molecule is Cn1c(=O)n(C2CCN(c3nc(-c4ccoc4)c4c(N)c(C(N)=O)sc4n3)CC2)c(=O)c2ccccc21. The Bertz CT molecular complexity index is 1790. The molecule has 4 N–H and O–H groups in total. The van der Waals surface area contributed by atoms with Crippen molar-refractivity contribution in [3.05, 3.63) is 68.6 Å². The molecule has 12 heteroatoms. The molecule has 5 heterocycles. The van der Waals surface area contributed by atoms with Crippen molar-refractivity contribution in [2.24, 2.45) is 12.8 Å². The second-order valence-electron chi connectivity index (χ2n) is 9.03. The molecule has 37 heavy (non-hydrogen) atoms. The third-order valence-electron chi connectivity index (χ3n) is 6.92. The topological polar surface area (TPSA) is 155 Å². The van der Waals surface area contributed by atoms with Crippen molar-refractivity contribution >= 4 is 50.0 Å². The number of benzene rings is 1. The number of amides is 1. The summed E-state index contributed by atoms with van der Waals surface area (Å²) in [6.07, 6.45) is 4.22. The van der Waals surface area contributed by atoms with Crippen molar-refractivity contribution in [1.82, 2.24) is 19.1 Å². The Morgan fingerprint density at radius 3 is 2.59 bits per heavy atom. The van der Waals surface area contributed by atoms with Gasteiger partial charge >= 0.3 is 5.69 Å². The van der Waals surface area contributed by atoms with Crippen LogP contribution in [0.15, 0.2) is 56.9 Å². The number of furan rings is 1. The zero-order valence-corrected chi connectivity index (χ0v) is 20.7. The van der Waals surface area contributed by atoms with Crippen LogP contribution in [-0.4, -0.2) is 38.1 Å². The predicted molar refractivity (Wildman–Crippen MR) is 142 cm³/mol. The van der Waals surface area contributed by atoms with E-state index < -0.39 is 5.91 Å². The summed E-state index contributed by atoms with van der Waals surface area (Å²) in [6.45, 7) is 1.07. The quantitative estimate of drug-likeness (QED) is 0.368. The molecule has 0 aliphatic carbocycles. The number of nitrogens with zero attached hydrogens (tertiary/aromatic N) is 5. The number of nitrogens with two attached hydrogens (primary N) is 2. The zero-order chi connectivity index (χ0) is 25.8. The van der Waals surface area contributed by atoms with Crippen molar-refractivity contribution in [1.29, 1.82) is 0 Å². The van der Waals surface area contributed by atoms with Gasteiger partial charge in [0, 0.05) is 31.7 Å². The van der Waals surface area contributed by atoms with Gasteiger partial charge in [0.2, 0.25) is 5.95 Å². The van der Waals surface area contributed by atoms with Crippen LogP contribution in [0.4, 0.5) is 11.6 Å². The molecule has 4 aromatic heterocycles. The molecule has 1 amide bonds. The number of aryl methyl sites for hydroxylation is 1. The van der Waals surface area contributed by atoms with Crippen LogP contribution in [0.1, 0.15) is 28.6 Å². The predicted octanol–water partition coefficient (Wildman–Crippen LogP) is 2.49. The summed E-state index contributed by atoms with van der Waals surface area (Å²) < 4.78 is 8.15. The fourth-order valence-corrected chi connectivity index (χ4v) is 5.96. The van der Waals surface area contributed by atoms with E-state index in [2.05, 4.69) is 0 Å². The second kappa shape index (κ2) is 8.59. The molecule has 0 radical (unpaired) electrons. The number of carbonyl (C=O) groups excluding carboxylic acids is 1. The number of primary amides is 1. The van der Waals surface area contributed by atoms with Gasteiger partial charge < -0.3 is 20.8 Å². The largest absolute Gasteiger partial charge is 0.472 e. The number of hydrogen-bond acceptors (Lipinski definition) is 9. The molecule has 1 aliphatic heterocycles. The Hall–Kier alpha value is -4.45. The Kier molecular flexibility index (Phi) is 5.33. The molecule has 0 atom stereocenters. The lowest BCUT2D eigenvalue weighted by molar-refractivity contribution is 0.100. The monoisotopic (exact) mass is 517 g/mol. The molecule has 1 aliphatic rings. The Balaban J connectivity index is 1.37. The van der Waals surface area contributed by atoms with Gasteiger partial charge in [0.25, 0.3) is 11.5 Å². The lowest BCUT2D eigenvalue weighted by atomic mass is 10.0. The number of hydrogen-bond donors (Lipinski definition) is 2. The van der Waals surface area contributed by atoms with E-state index in [4.69, 9.17) is 25.9 Å². The van der Waals surface area contributed by atoms with Crippen molar-refractivity contribution in [2.75, 3.05) is 23.7 Å². The van der Waals surface area contributed by atoms with Gasteiger partial charge in [-0.15, -0.1) is 11.3 Å².